The molecule has 0 radical (unpaired) electrons. The fourth-order valence-corrected chi connectivity index (χ4v) is 2.64. The Kier molecular flexibility index (Phi) is 4.42. The standard InChI is InChI=1S/C14H22N4O2/c1-10-13(20-4)14(16-9-15-10)18-7-5-12(6-8-18)17(3)11(2)19/h9,12H,5-8H2,1-4H3. The molecule has 1 aliphatic heterocycles. The molecule has 0 aromatic carbocycles. The zero-order valence-corrected chi connectivity index (χ0v) is 12.6. The quantitative estimate of drug-likeness (QED) is 0.832. The number of rotatable bonds is 3. The van der Waals surface area contributed by atoms with Gasteiger partial charge in [-0.3, -0.25) is 4.79 Å². The van der Waals surface area contributed by atoms with Crippen LogP contribution in [0.25, 0.3) is 0 Å². The van der Waals surface area contributed by atoms with E-state index < -0.39 is 0 Å². The zero-order chi connectivity index (χ0) is 14.7. The number of nitrogens with zero attached hydrogens (tertiary/aromatic N) is 4. The van der Waals surface area contributed by atoms with Gasteiger partial charge in [0.25, 0.3) is 0 Å². The maximum atomic E-state index is 11.4. The van der Waals surface area contributed by atoms with Crippen molar-refractivity contribution in [3.63, 3.8) is 0 Å². The second-order valence-electron chi connectivity index (χ2n) is 5.16. The minimum Gasteiger partial charge on any atom is -0.491 e. The summed E-state index contributed by atoms with van der Waals surface area (Å²) in [7, 11) is 3.52. The lowest BCUT2D eigenvalue weighted by atomic mass is 10.0. The summed E-state index contributed by atoms with van der Waals surface area (Å²) in [6.07, 6.45) is 3.46. The number of carbonyl (C=O) groups excluding carboxylic acids is 1. The molecule has 0 atom stereocenters. The van der Waals surface area contributed by atoms with E-state index in [2.05, 4.69) is 14.9 Å². The highest BCUT2D eigenvalue weighted by Gasteiger charge is 2.26. The first-order valence-corrected chi connectivity index (χ1v) is 6.88. The van der Waals surface area contributed by atoms with Crippen LogP contribution in [0.3, 0.4) is 0 Å². The van der Waals surface area contributed by atoms with Crippen LogP contribution in [0.4, 0.5) is 5.82 Å². The van der Waals surface area contributed by atoms with Gasteiger partial charge in [-0.1, -0.05) is 0 Å². The number of aryl methyl sites for hydroxylation is 1. The molecule has 1 amide bonds. The van der Waals surface area contributed by atoms with Gasteiger partial charge < -0.3 is 14.5 Å². The molecule has 6 heteroatoms. The van der Waals surface area contributed by atoms with Crippen molar-refractivity contribution in [3.05, 3.63) is 12.0 Å². The largest absolute Gasteiger partial charge is 0.491 e. The zero-order valence-electron chi connectivity index (χ0n) is 12.6. The third kappa shape index (κ3) is 2.84. The third-order valence-corrected chi connectivity index (χ3v) is 3.98. The summed E-state index contributed by atoms with van der Waals surface area (Å²) < 4.78 is 5.41. The van der Waals surface area contributed by atoms with Crippen LogP contribution < -0.4 is 9.64 Å². The molecular weight excluding hydrogens is 256 g/mol. The Bertz CT molecular complexity index is 484. The summed E-state index contributed by atoms with van der Waals surface area (Å²) >= 11 is 0. The van der Waals surface area contributed by atoms with Crippen molar-refractivity contribution in [2.75, 3.05) is 32.1 Å². The topological polar surface area (TPSA) is 58.6 Å². The van der Waals surface area contributed by atoms with Gasteiger partial charge in [-0.2, -0.15) is 0 Å². The molecule has 1 aliphatic rings. The van der Waals surface area contributed by atoms with E-state index in [0.29, 0.717) is 6.04 Å². The number of methoxy groups -OCH3 is 1. The molecule has 1 saturated heterocycles. The number of piperidine rings is 1. The van der Waals surface area contributed by atoms with Gasteiger partial charge in [-0.15, -0.1) is 0 Å². The first-order valence-electron chi connectivity index (χ1n) is 6.88. The molecule has 6 nitrogen and oxygen atoms in total. The third-order valence-electron chi connectivity index (χ3n) is 3.98. The summed E-state index contributed by atoms with van der Waals surface area (Å²) in [5, 5.41) is 0. The van der Waals surface area contributed by atoms with Crippen molar-refractivity contribution in [3.8, 4) is 5.75 Å². The van der Waals surface area contributed by atoms with Gasteiger partial charge in [0, 0.05) is 33.1 Å². The Labute approximate surface area is 119 Å². The lowest BCUT2D eigenvalue weighted by Crippen LogP contribution is -2.45. The Morgan fingerprint density at radius 2 is 2.05 bits per heavy atom. The van der Waals surface area contributed by atoms with E-state index in [-0.39, 0.29) is 5.91 Å². The Morgan fingerprint density at radius 3 is 2.60 bits per heavy atom. The molecular formula is C14H22N4O2. The maximum absolute atomic E-state index is 11.4. The van der Waals surface area contributed by atoms with E-state index in [1.807, 2.05) is 18.9 Å². The number of hydrogen-bond acceptors (Lipinski definition) is 5. The van der Waals surface area contributed by atoms with E-state index in [0.717, 1.165) is 43.2 Å². The summed E-state index contributed by atoms with van der Waals surface area (Å²) in [6.45, 7) is 5.27. The van der Waals surface area contributed by atoms with Gasteiger partial charge in [0.2, 0.25) is 5.91 Å². The number of ether oxygens (including phenoxy) is 1. The first-order chi connectivity index (χ1) is 9.54. The summed E-state index contributed by atoms with van der Waals surface area (Å²) in [6, 6.07) is 0.317. The summed E-state index contributed by atoms with van der Waals surface area (Å²) in [5.41, 5.74) is 0.848. The van der Waals surface area contributed by atoms with Crippen molar-refractivity contribution in [1.82, 2.24) is 14.9 Å². The fraction of sp³-hybridized carbons (Fsp3) is 0.643. The SMILES string of the molecule is COc1c(C)ncnc1N1CCC(N(C)C(C)=O)CC1. The average molecular weight is 278 g/mol. The molecule has 0 aliphatic carbocycles. The Morgan fingerprint density at radius 1 is 1.40 bits per heavy atom. The molecule has 110 valence electrons. The number of aromatic nitrogens is 2. The molecule has 20 heavy (non-hydrogen) atoms. The second kappa shape index (κ2) is 6.07. The minimum absolute atomic E-state index is 0.124. The van der Waals surface area contributed by atoms with Crippen molar-refractivity contribution in [2.45, 2.75) is 32.7 Å². The number of carbonyl (C=O) groups is 1. The van der Waals surface area contributed by atoms with E-state index in [4.69, 9.17) is 4.74 Å². The van der Waals surface area contributed by atoms with Crippen molar-refractivity contribution in [2.24, 2.45) is 0 Å². The molecule has 1 aromatic rings. The monoisotopic (exact) mass is 278 g/mol. The van der Waals surface area contributed by atoms with Crippen molar-refractivity contribution in [1.29, 1.82) is 0 Å². The van der Waals surface area contributed by atoms with Crippen LogP contribution in [0.1, 0.15) is 25.5 Å². The minimum atomic E-state index is 0.124. The molecule has 1 aromatic heterocycles. The van der Waals surface area contributed by atoms with Gasteiger partial charge in [0.05, 0.1) is 12.8 Å². The van der Waals surface area contributed by atoms with E-state index in [9.17, 15) is 4.79 Å². The summed E-state index contributed by atoms with van der Waals surface area (Å²) in [5.74, 6) is 1.72. The number of hydrogen-bond donors (Lipinski definition) is 0. The predicted octanol–water partition coefficient (Wildman–Crippen LogP) is 1.24. The number of amides is 1. The molecule has 2 rings (SSSR count). The van der Waals surface area contributed by atoms with Crippen molar-refractivity contribution >= 4 is 11.7 Å². The normalized spacial score (nSPS) is 16.1. The molecule has 2 heterocycles. The van der Waals surface area contributed by atoms with Crippen molar-refractivity contribution < 1.29 is 9.53 Å². The molecule has 0 spiro atoms. The smallest absolute Gasteiger partial charge is 0.219 e. The van der Waals surface area contributed by atoms with Gasteiger partial charge in [0.15, 0.2) is 11.6 Å². The van der Waals surface area contributed by atoms with Crippen LogP contribution in [0.2, 0.25) is 0 Å². The fourth-order valence-electron chi connectivity index (χ4n) is 2.64. The second-order valence-corrected chi connectivity index (χ2v) is 5.16. The van der Waals surface area contributed by atoms with E-state index in [1.165, 1.54) is 0 Å². The molecule has 0 bridgehead atoms. The first kappa shape index (κ1) is 14.6. The number of anilines is 1. The van der Waals surface area contributed by atoms with Gasteiger partial charge >= 0.3 is 0 Å². The molecule has 0 saturated carbocycles. The lowest BCUT2D eigenvalue weighted by molar-refractivity contribution is -0.129. The van der Waals surface area contributed by atoms with Gasteiger partial charge in [-0.05, 0) is 19.8 Å². The molecule has 1 fully saturated rings. The van der Waals surface area contributed by atoms with Gasteiger partial charge in [0.1, 0.15) is 6.33 Å². The average Bonchev–Trinajstić information content (AvgIpc) is 2.46. The Balaban J connectivity index is 2.08. The van der Waals surface area contributed by atoms with Crippen LogP contribution in [-0.4, -0.2) is 54.1 Å². The van der Waals surface area contributed by atoms with Crippen LogP contribution in [0.5, 0.6) is 5.75 Å². The highest BCUT2D eigenvalue weighted by atomic mass is 16.5. The van der Waals surface area contributed by atoms with Crippen LogP contribution in [-0.2, 0) is 4.79 Å². The van der Waals surface area contributed by atoms with Gasteiger partial charge in [-0.25, -0.2) is 9.97 Å². The summed E-state index contributed by atoms with van der Waals surface area (Å²) in [4.78, 5) is 24.0. The highest BCUT2D eigenvalue weighted by molar-refractivity contribution is 5.73. The predicted molar refractivity (Wildman–Crippen MR) is 77.0 cm³/mol. The van der Waals surface area contributed by atoms with Crippen LogP contribution >= 0.6 is 0 Å². The van der Waals surface area contributed by atoms with E-state index >= 15 is 0 Å². The van der Waals surface area contributed by atoms with Crippen LogP contribution in [0.15, 0.2) is 6.33 Å². The lowest BCUT2D eigenvalue weighted by Gasteiger charge is -2.37. The molecule has 0 unspecified atom stereocenters. The maximum Gasteiger partial charge on any atom is 0.219 e. The molecule has 0 N–H and O–H groups in total. The van der Waals surface area contributed by atoms with Crippen LogP contribution in [0, 0.1) is 6.92 Å². The Hall–Kier alpha value is -1.85. The van der Waals surface area contributed by atoms with E-state index in [1.54, 1.807) is 20.4 Å². The highest BCUT2D eigenvalue weighted by Crippen LogP contribution is 2.30.